The van der Waals surface area contributed by atoms with E-state index in [1.54, 1.807) is 0 Å². The van der Waals surface area contributed by atoms with Crippen molar-refractivity contribution in [1.29, 1.82) is 0 Å². The first kappa shape index (κ1) is 12.2. The molecule has 1 fully saturated rings. The summed E-state index contributed by atoms with van der Waals surface area (Å²) in [6.45, 7) is 0. The SMILES string of the molecule is CNC(CCc1ccc(Cl)c(Cl)c1)C1CC1. The molecule has 0 spiro atoms. The Morgan fingerprint density at radius 1 is 1.31 bits per heavy atom. The smallest absolute Gasteiger partial charge is 0.0595 e. The first-order valence-electron chi connectivity index (χ1n) is 5.82. The molecular weight excluding hydrogens is 241 g/mol. The van der Waals surface area contributed by atoms with E-state index in [-0.39, 0.29) is 0 Å². The van der Waals surface area contributed by atoms with Gasteiger partial charge in [0.05, 0.1) is 10.0 Å². The van der Waals surface area contributed by atoms with Crippen LogP contribution in [0.5, 0.6) is 0 Å². The molecule has 1 unspecified atom stereocenters. The number of aryl methyl sites for hydroxylation is 1. The minimum absolute atomic E-state index is 0.637. The molecule has 2 rings (SSSR count). The Labute approximate surface area is 107 Å². The number of benzene rings is 1. The molecule has 88 valence electrons. The molecule has 1 nitrogen and oxygen atoms in total. The quantitative estimate of drug-likeness (QED) is 0.843. The lowest BCUT2D eigenvalue weighted by Gasteiger charge is -2.15. The van der Waals surface area contributed by atoms with Crippen LogP contribution in [0.4, 0.5) is 0 Å². The highest BCUT2D eigenvalue weighted by Gasteiger charge is 2.29. The van der Waals surface area contributed by atoms with Crippen molar-refractivity contribution in [3.63, 3.8) is 0 Å². The van der Waals surface area contributed by atoms with E-state index in [9.17, 15) is 0 Å². The largest absolute Gasteiger partial charge is 0.317 e. The van der Waals surface area contributed by atoms with Crippen molar-refractivity contribution in [3.05, 3.63) is 33.8 Å². The van der Waals surface area contributed by atoms with E-state index in [0.717, 1.165) is 12.3 Å². The summed E-state index contributed by atoms with van der Waals surface area (Å²) < 4.78 is 0. The number of hydrogen-bond donors (Lipinski definition) is 1. The molecule has 0 bridgehead atoms. The Balaban J connectivity index is 1.90. The minimum Gasteiger partial charge on any atom is -0.317 e. The second-order valence-corrected chi connectivity index (χ2v) is 5.33. The van der Waals surface area contributed by atoms with Gasteiger partial charge in [-0.25, -0.2) is 0 Å². The summed E-state index contributed by atoms with van der Waals surface area (Å²) in [5.74, 6) is 0.896. The van der Waals surface area contributed by atoms with Crippen LogP contribution in [0.15, 0.2) is 18.2 Å². The summed E-state index contributed by atoms with van der Waals surface area (Å²) >= 11 is 11.9. The fourth-order valence-electron chi connectivity index (χ4n) is 2.13. The van der Waals surface area contributed by atoms with Crippen molar-refractivity contribution in [2.75, 3.05) is 7.05 Å². The van der Waals surface area contributed by atoms with Crippen molar-refractivity contribution >= 4 is 23.2 Å². The topological polar surface area (TPSA) is 12.0 Å². The van der Waals surface area contributed by atoms with Crippen LogP contribution >= 0.6 is 23.2 Å². The van der Waals surface area contributed by atoms with Gasteiger partial charge in [-0.3, -0.25) is 0 Å². The van der Waals surface area contributed by atoms with Crippen LogP contribution in [-0.2, 0) is 6.42 Å². The molecule has 0 aromatic heterocycles. The fraction of sp³-hybridized carbons (Fsp3) is 0.538. The van der Waals surface area contributed by atoms with Gasteiger partial charge in [-0.2, -0.15) is 0 Å². The minimum atomic E-state index is 0.637. The monoisotopic (exact) mass is 257 g/mol. The van der Waals surface area contributed by atoms with Crippen molar-refractivity contribution in [2.24, 2.45) is 5.92 Å². The van der Waals surface area contributed by atoms with Gasteiger partial charge >= 0.3 is 0 Å². The van der Waals surface area contributed by atoms with Crippen molar-refractivity contribution < 1.29 is 0 Å². The molecule has 1 aromatic carbocycles. The first-order valence-corrected chi connectivity index (χ1v) is 6.57. The number of rotatable bonds is 5. The molecule has 3 heteroatoms. The van der Waals surface area contributed by atoms with Crippen LogP contribution in [-0.4, -0.2) is 13.1 Å². The second-order valence-electron chi connectivity index (χ2n) is 4.52. The van der Waals surface area contributed by atoms with Gasteiger partial charge in [-0.1, -0.05) is 29.3 Å². The Hall–Kier alpha value is -0.240. The van der Waals surface area contributed by atoms with E-state index < -0.39 is 0 Å². The van der Waals surface area contributed by atoms with Crippen molar-refractivity contribution in [3.8, 4) is 0 Å². The van der Waals surface area contributed by atoms with E-state index in [1.807, 2.05) is 12.1 Å². The number of nitrogens with one attached hydrogen (secondary N) is 1. The predicted octanol–water partition coefficient (Wildman–Crippen LogP) is 3.92. The highest BCUT2D eigenvalue weighted by molar-refractivity contribution is 6.42. The van der Waals surface area contributed by atoms with Crippen LogP contribution < -0.4 is 5.32 Å². The third kappa shape index (κ3) is 3.13. The molecule has 1 atom stereocenters. The Morgan fingerprint density at radius 2 is 2.06 bits per heavy atom. The van der Waals surface area contributed by atoms with Crippen LogP contribution in [0.1, 0.15) is 24.8 Å². The Morgan fingerprint density at radius 3 is 2.62 bits per heavy atom. The predicted molar refractivity (Wildman–Crippen MR) is 70.4 cm³/mol. The van der Waals surface area contributed by atoms with Gasteiger partial charge in [0, 0.05) is 6.04 Å². The highest BCUT2D eigenvalue weighted by Crippen LogP contribution is 2.34. The molecule has 1 saturated carbocycles. The average Bonchev–Trinajstić information content (AvgIpc) is 3.08. The van der Waals surface area contributed by atoms with E-state index >= 15 is 0 Å². The lowest BCUT2D eigenvalue weighted by atomic mass is 10.0. The van der Waals surface area contributed by atoms with Gasteiger partial charge in [-0.05, 0) is 56.3 Å². The molecule has 0 radical (unpaired) electrons. The van der Waals surface area contributed by atoms with Crippen LogP contribution in [0.2, 0.25) is 10.0 Å². The Bertz CT molecular complexity index is 361. The average molecular weight is 258 g/mol. The molecule has 1 aliphatic carbocycles. The zero-order valence-electron chi connectivity index (χ0n) is 9.47. The van der Waals surface area contributed by atoms with E-state index in [1.165, 1.54) is 24.8 Å². The molecule has 1 N–H and O–H groups in total. The summed E-state index contributed by atoms with van der Waals surface area (Å²) in [4.78, 5) is 0. The van der Waals surface area contributed by atoms with Gasteiger partial charge in [0.25, 0.3) is 0 Å². The molecule has 16 heavy (non-hydrogen) atoms. The lowest BCUT2D eigenvalue weighted by Crippen LogP contribution is -2.27. The zero-order valence-corrected chi connectivity index (χ0v) is 11.0. The molecule has 0 heterocycles. The summed E-state index contributed by atoms with van der Waals surface area (Å²) in [5.41, 5.74) is 1.27. The van der Waals surface area contributed by atoms with Crippen LogP contribution in [0, 0.1) is 5.92 Å². The highest BCUT2D eigenvalue weighted by atomic mass is 35.5. The summed E-state index contributed by atoms with van der Waals surface area (Å²) in [5, 5.41) is 4.70. The molecule has 0 saturated heterocycles. The van der Waals surface area contributed by atoms with Crippen molar-refractivity contribution in [2.45, 2.75) is 31.7 Å². The molecule has 1 aliphatic rings. The second kappa shape index (κ2) is 5.39. The maximum atomic E-state index is 5.99. The van der Waals surface area contributed by atoms with E-state index in [2.05, 4.69) is 18.4 Å². The van der Waals surface area contributed by atoms with Gasteiger partial charge in [0.15, 0.2) is 0 Å². The number of hydrogen-bond acceptors (Lipinski definition) is 1. The maximum Gasteiger partial charge on any atom is 0.0595 e. The summed E-state index contributed by atoms with van der Waals surface area (Å²) in [6.07, 6.45) is 5.01. The van der Waals surface area contributed by atoms with Crippen molar-refractivity contribution in [1.82, 2.24) is 5.32 Å². The van der Waals surface area contributed by atoms with Gasteiger partial charge in [0.1, 0.15) is 0 Å². The van der Waals surface area contributed by atoms with Gasteiger partial charge in [-0.15, -0.1) is 0 Å². The molecule has 1 aromatic rings. The van der Waals surface area contributed by atoms with Gasteiger partial charge in [0.2, 0.25) is 0 Å². The van der Waals surface area contributed by atoms with E-state index in [4.69, 9.17) is 23.2 Å². The van der Waals surface area contributed by atoms with Crippen LogP contribution in [0.25, 0.3) is 0 Å². The van der Waals surface area contributed by atoms with Gasteiger partial charge < -0.3 is 5.32 Å². The Kier molecular flexibility index (Phi) is 4.12. The molecule has 0 amide bonds. The standard InChI is InChI=1S/C13H17Cl2N/c1-16-13(10-4-5-10)7-3-9-2-6-11(14)12(15)8-9/h2,6,8,10,13,16H,3-5,7H2,1H3. The summed E-state index contributed by atoms with van der Waals surface area (Å²) in [6, 6.07) is 6.58. The summed E-state index contributed by atoms with van der Waals surface area (Å²) in [7, 11) is 2.05. The third-order valence-corrected chi connectivity index (χ3v) is 4.03. The number of halogens is 2. The normalized spacial score (nSPS) is 17.4. The lowest BCUT2D eigenvalue weighted by molar-refractivity contribution is 0.470. The maximum absolute atomic E-state index is 5.99. The van der Waals surface area contributed by atoms with E-state index in [0.29, 0.717) is 16.1 Å². The first-order chi connectivity index (χ1) is 7.70. The molecule has 0 aliphatic heterocycles. The van der Waals surface area contributed by atoms with Crippen LogP contribution in [0.3, 0.4) is 0 Å². The third-order valence-electron chi connectivity index (χ3n) is 3.29. The zero-order chi connectivity index (χ0) is 11.5. The molecular formula is C13H17Cl2N. The fourth-order valence-corrected chi connectivity index (χ4v) is 2.45.